The van der Waals surface area contributed by atoms with Crippen LogP contribution in [0.3, 0.4) is 0 Å². The molecule has 1 fully saturated rings. The van der Waals surface area contributed by atoms with E-state index in [2.05, 4.69) is 15.1 Å². The fraction of sp³-hybridized carbons (Fsp3) is 0.417. The molecule has 4 rings (SSSR count). The predicted octanol–water partition coefficient (Wildman–Crippen LogP) is 3.66. The van der Waals surface area contributed by atoms with Crippen LogP contribution >= 0.6 is 0 Å². The summed E-state index contributed by atoms with van der Waals surface area (Å²) in [7, 11) is 1.90. The Morgan fingerprint density at radius 3 is 2.80 bits per heavy atom. The molecule has 30 heavy (non-hydrogen) atoms. The van der Waals surface area contributed by atoms with Crippen LogP contribution < -0.4 is 0 Å². The number of halogens is 1. The van der Waals surface area contributed by atoms with Crippen LogP contribution in [0.1, 0.15) is 24.1 Å². The summed E-state index contributed by atoms with van der Waals surface area (Å²) in [4.78, 5) is 17.0. The number of likely N-dealkylation sites (tertiary alicyclic amines) is 1. The lowest BCUT2D eigenvalue weighted by atomic mass is 9.95. The van der Waals surface area contributed by atoms with Gasteiger partial charge in [-0.25, -0.2) is 4.39 Å². The average molecular weight is 409 g/mol. The van der Waals surface area contributed by atoms with E-state index in [0.29, 0.717) is 12.3 Å². The third-order valence-electron chi connectivity index (χ3n) is 6.14. The minimum Gasteiger partial charge on any atom is -0.345 e. The molecule has 0 aliphatic carbocycles. The number of benzene rings is 2. The largest absolute Gasteiger partial charge is 0.345 e. The molecule has 0 unspecified atom stereocenters. The first kappa shape index (κ1) is 20.5. The van der Waals surface area contributed by atoms with Gasteiger partial charge in [-0.15, -0.1) is 0 Å². The van der Waals surface area contributed by atoms with Crippen molar-refractivity contribution in [2.75, 3.05) is 33.2 Å². The third kappa shape index (κ3) is 5.05. The highest BCUT2D eigenvalue weighted by Crippen LogP contribution is 2.20. The van der Waals surface area contributed by atoms with Crippen LogP contribution in [0.25, 0.3) is 10.9 Å². The second kappa shape index (κ2) is 9.39. The molecule has 1 aromatic heterocycles. The fourth-order valence-electron chi connectivity index (χ4n) is 4.30. The maximum atomic E-state index is 13.3. The van der Waals surface area contributed by atoms with E-state index in [-0.39, 0.29) is 11.7 Å². The molecule has 2 aromatic carbocycles. The van der Waals surface area contributed by atoms with Crippen molar-refractivity contribution in [3.05, 3.63) is 65.6 Å². The molecule has 1 aliphatic rings. The topological polar surface area (TPSA) is 52.2 Å². The molecular weight excluding hydrogens is 379 g/mol. The maximum Gasteiger partial charge on any atom is 0.228 e. The normalized spacial score (nSPS) is 15.5. The van der Waals surface area contributed by atoms with Gasteiger partial charge in [-0.05, 0) is 62.0 Å². The fourth-order valence-corrected chi connectivity index (χ4v) is 4.30. The monoisotopic (exact) mass is 408 g/mol. The van der Waals surface area contributed by atoms with Crippen molar-refractivity contribution in [1.82, 2.24) is 20.0 Å². The summed E-state index contributed by atoms with van der Waals surface area (Å²) in [6.45, 7) is 3.82. The van der Waals surface area contributed by atoms with Crippen molar-refractivity contribution < 1.29 is 9.18 Å². The van der Waals surface area contributed by atoms with Gasteiger partial charge in [0.25, 0.3) is 0 Å². The first-order valence-corrected chi connectivity index (χ1v) is 10.7. The van der Waals surface area contributed by atoms with Gasteiger partial charge < -0.3 is 9.80 Å². The molecule has 158 valence electrons. The van der Waals surface area contributed by atoms with E-state index in [1.165, 1.54) is 6.07 Å². The Kier molecular flexibility index (Phi) is 6.43. The number of piperidine rings is 1. The molecule has 3 aromatic rings. The Bertz CT molecular complexity index is 994. The molecule has 0 bridgehead atoms. The van der Waals surface area contributed by atoms with E-state index in [9.17, 15) is 9.18 Å². The number of aromatic nitrogens is 2. The summed E-state index contributed by atoms with van der Waals surface area (Å²) in [5.74, 6) is 0.489. The average Bonchev–Trinajstić information content (AvgIpc) is 3.16. The molecule has 0 spiro atoms. The zero-order valence-electron chi connectivity index (χ0n) is 17.5. The van der Waals surface area contributed by atoms with E-state index in [4.69, 9.17) is 0 Å². The molecule has 6 heteroatoms. The molecule has 0 atom stereocenters. The van der Waals surface area contributed by atoms with Gasteiger partial charge in [0.15, 0.2) is 0 Å². The van der Waals surface area contributed by atoms with E-state index >= 15 is 0 Å². The SMILES string of the molecule is CN(CC1CCN(CCc2cccc(F)c2)CC1)C(=O)Cc1[nH]nc2ccccc12. The first-order valence-electron chi connectivity index (χ1n) is 10.7. The van der Waals surface area contributed by atoms with Gasteiger partial charge in [0.2, 0.25) is 5.91 Å². The number of amides is 1. The number of nitrogens with zero attached hydrogens (tertiary/aromatic N) is 3. The van der Waals surface area contributed by atoms with Crippen LogP contribution in [0, 0.1) is 11.7 Å². The van der Waals surface area contributed by atoms with Crippen molar-refractivity contribution in [2.24, 2.45) is 5.92 Å². The quantitative estimate of drug-likeness (QED) is 0.649. The highest BCUT2D eigenvalue weighted by Gasteiger charge is 2.22. The van der Waals surface area contributed by atoms with E-state index in [0.717, 1.165) is 67.6 Å². The van der Waals surface area contributed by atoms with Crippen molar-refractivity contribution >= 4 is 16.8 Å². The summed E-state index contributed by atoms with van der Waals surface area (Å²) >= 11 is 0. The van der Waals surface area contributed by atoms with Crippen molar-refractivity contribution in [3.8, 4) is 0 Å². The number of aromatic amines is 1. The Hall–Kier alpha value is -2.73. The number of likely N-dealkylation sites (N-methyl/N-ethyl adjacent to an activating group) is 1. The maximum absolute atomic E-state index is 13.3. The second-order valence-corrected chi connectivity index (χ2v) is 8.34. The molecular formula is C24H29FN4O. The first-order chi connectivity index (χ1) is 14.6. The van der Waals surface area contributed by atoms with E-state index in [1.54, 1.807) is 12.1 Å². The molecule has 1 saturated heterocycles. The predicted molar refractivity (Wildman–Crippen MR) is 117 cm³/mol. The lowest BCUT2D eigenvalue weighted by Gasteiger charge is -2.34. The van der Waals surface area contributed by atoms with Crippen LogP contribution in [-0.2, 0) is 17.6 Å². The van der Waals surface area contributed by atoms with Crippen molar-refractivity contribution in [2.45, 2.75) is 25.7 Å². The smallest absolute Gasteiger partial charge is 0.228 e. The molecule has 1 N–H and O–H groups in total. The summed E-state index contributed by atoms with van der Waals surface area (Å²) in [6, 6.07) is 14.7. The van der Waals surface area contributed by atoms with Gasteiger partial charge in [0.05, 0.1) is 17.6 Å². The highest BCUT2D eigenvalue weighted by molar-refractivity contribution is 5.87. The van der Waals surface area contributed by atoms with E-state index < -0.39 is 0 Å². The molecule has 5 nitrogen and oxygen atoms in total. The summed E-state index contributed by atoms with van der Waals surface area (Å²) in [5, 5.41) is 8.31. The number of hydrogen-bond acceptors (Lipinski definition) is 3. The molecule has 2 heterocycles. The number of carbonyl (C=O) groups is 1. The minimum atomic E-state index is -0.165. The second-order valence-electron chi connectivity index (χ2n) is 8.34. The number of rotatable bonds is 7. The zero-order chi connectivity index (χ0) is 20.9. The van der Waals surface area contributed by atoms with Gasteiger partial charge in [-0.2, -0.15) is 5.10 Å². The molecule has 1 amide bonds. The zero-order valence-corrected chi connectivity index (χ0v) is 17.5. The highest BCUT2D eigenvalue weighted by atomic mass is 19.1. The van der Waals surface area contributed by atoms with Crippen molar-refractivity contribution in [3.63, 3.8) is 0 Å². The van der Waals surface area contributed by atoms with E-state index in [1.807, 2.05) is 42.3 Å². The number of H-pyrrole nitrogens is 1. The number of para-hydroxylation sites is 1. The minimum absolute atomic E-state index is 0.123. The number of nitrogens with one attached hydrogen (secondary N) is 1. The van der Waals surface area contributed by atoms with Gasteiger partial charge in [-0.1, -0.05) is 30.3 Å². The Morgan fingerprint density at radius 2 is 2.00 bits per heavy atom. The van der Waals surface area contributed by atoms with Crippen LogP contribution in [0.2, 0.25) is 0 Å². The van der Waals surface area contributed by atoms with Crippen LogP contribution in [0.5, 0.6) is 0 Å². The lowest BCUT2D eigenvalue weighted by Crippen LogP contribution is -2.40. The number of carbonyl (C=O) groups excluding carboxylic acids is 1. The van der Waals surface area contributed by atoms with Crippen molar-refractivity contribution in [1.29, 1.82) is 0 Å². The van der Waals surface area contributed by atoms with Crippen LogP contribution in [0.15, 0.2) is 48.5 Å². The summed E-state index contributed by atoms with van der Waals surface area (Å²) in [6.07, 6.45) is 3.41. The van der Waals surface area contributed by atoms with Crippen LogP contribution in [-0.4, -0.2) is 59.1 Å². The van der Waals surface area contributed by atoms with Gasteiger partial charge in [-0.3, -0.25) is 9.89 Å². The lowest BCUT2D eigenvalue weighted by molar-refractivity contribution is -0.130. The summed E-state index contributed by atoms with van der Waals surface area (Å²) in [5.41, 5.74) is 2.83. The third-order valence-corrected chi connectivity index (χ3v) is 6.14. The molecule has 0 saturated carbocycles. The Balaban J connectivity index is 1.22. The Morgan fingerprint density at radius 1 is 1.20 bits per heavy atom. The van der Waals surface area contributed by atoms with Gasteiger partial charge in [0.1, 0.15) is 5.82 Å². The standard InChI is InChI=1S/C24H29FN4O/c1-28(24(30)16-23-21-7-2-3-8-22(21)26-27-23)17-19-10-13-29(14-11-19)12-9-18-5-4-6-20(25)15-18/h2-8,15,19H,9-14,16-17H2,1H3,(H,26,27). The van der Waals surface area contributed by atoms with Gasteiger partial charge >= 0.3 is 0 Å². The molecule has 0 radical (unpaired) electrons. The molecule has 1 aliphatic heterocycles. The van der Waals surface area contributed by atoms with Gasteiger partial charge in [0, 0.05) is 25.5 Å². The number of fused-ring (bicyclic) bond motifs is 1. The number of hydrogen-bond donors (Lipinski definition) is 1. The Labute approximate surface area is 176 Å². The summed E-state index contributed by atoms with van der Waals surface area (Å²) < 4.78 is 13.3. The van der Waals surface area contributed by atoms with Crippen LogP contribution in [0.4, 0.5) is 4.39 Å².